The molecule has 4 aromatic rings. The minimum Gasteiger partial charge on any atom is -0.494 e. The Morgan fingerprint density at radius 2 is 1.86 bits per heavy atom. The van der Waals surface area contributed by atoms with Crippen LogP contribution in [-0.2, 0) is 11.3 Å². The number of aromatic nitrogens is 1. The number of carbonyl (C=O) groups is 1. The number of pyridine rings is 1. The van der Waals surface area contributed by atoms with Crippen LogP contribution in [0.2, 0.25) is 0 Å². The number of hydrogen-bond donors (Lipinski definition) is 1. The third-order valence-electron chi connectivity index (χ3n) is 6.06. The number of nitrogens with zero attached hydrogens (tertiary/aromatic N) is 1. The molecule has 0 aliphatic carbocycles. The van der Waals surface area contributed by atoms with Gasteiger partial charge in [0.1, 0.15) is 16.8 Å². The Bertz CT molecular complexity index is 1500. The first-order chi connectivity index (χ1) is 17.0. The van der Waals surface area contributed by atoms with Crippen molar-refractivity contribution in [1.82, 2.24) is 4.57 Å². The number of carbonyl (C=O) groups excluding carboxylic acids is 1. The van der Waals surface area contributed by atoms with Crippen LogP contribution in [0.3, 0.4) is 0 Å². The number of thioether (sulfide) groups is 1. The van der Waals surface area contributed by atoms with E-state index in [1.165, 1.54) is 24.9 Å². The van der Waals surface area contributed by atoms with Crippen LogP contribution in [-0.4, -0.2) is 24.3 Å². The third-order valence-corrected chi connectivity index (χ3v) is 7.39. The standard InChI is InChI=1S/C27H23FN2O4S/c1-3-34-27(32)21-23(31)18-13-19(28)20(16-11-9-15(14-29)10-12-16)24(33-2)22(18)30-25(35-26(21)30)17-7-5-4-6-8-17/h4-13,25H,3,14,29H2,1-2H3. The molecule has 1 aliphatic heterocycles. The summed E-state index contributed by atoms with van der Waals surface area (Å²) in [5.74, 6) is -1.11. The van der Waals surface area contributed by atoms with E-state index in [0.29, 0.717) is 22.7 Å². The number of ether oxygens (including phenoxy) is 2. The van der Waals surface area contributed by atoms with Crippen LogP contribution >= 0.6 is 11.8 Å². The van der Waals surface area contributed by atoms with Crippen molar-refractivity contribution in [1.29, 1.82) is 0 Å². The Labute approximate surface area is 205 Å². The van der Waals surface area contributed by atoms with Gasteiger partial charge >= 0.3 is 5.97 Å². The second kappa shape index (κ2) is 9.20. The van der Waals surface area contributed by atoms with Crippen molar-refractivity contribution in [2.45, 2.75) is 23.9 Å². The van der Waals surface area contributed by atoms with Gasteiger partial charge in [-0.25, -0.2) is 9.18 Å². The molecular formula is C27H23FN2O4S. The monoisotopic (exact) mass is 490 g/mol. The molecule has 1 aromatic heterocycles. The van der Waals surface area contributed by atoms with Gasteiger partial charge in [0.15, 0.2) is 5.75 Å². The molecule has 1 atom stereocenters. The number of benzene rings is 3. The summed E-state index contributed by atoms with van der Waals surface area (Å²) in [7, 11) is 1.45. The fourth-order valence-corrected chi connectivity index (χ4v) is 5.69. The van der Waals surface area contributed by atoms with Gasteiger partial charge in [-0.15, -0.1) is 0 Å². The largest absolute Gasteiger partial charge is 0.494 e. The van der Waals surface area contributed by atoms with Gasteiger partial charge in [0.25, 0.3) is 0 Å². The topological polar surface area (TPSA) is 83.6 Å². The van der Waals surface area contributed by atoms with Crippen LogP contribution < -0.4 is 15.9 Å². The molecule has 0 spiro atoms. The lowest BCUT2D eigenvalue weighted by atomic mass is 9.98. The van der Waals surface area contributed by atoms with Gasteiger partial charge in [0.05, 0.1) is 35.2 Å². The van der Waals surface area contributed by atoms with Crippen molar-refractivity contribution in [3.8, 4) is 16.9 Å². The summed E-state index contributed by atoms with van der Waals surface area (Å²) in [6.45, 7) is 2.17. The highest BCUT2D eigenvalue weighted by atomic mass is 32.2. The summed E-state index contributed by atoms with van der Waals surface area (Å²) in [6, 6.07) is 18.1. The van der Waals surface area contributed by atoms with Crippen LogP contribution in [0.15, 0.2) is 70.5 Å². The van der Waals surface area contributed by atoms with E-state index in [0.717, 1.165) is 11.1 Å². The molecular weight excluding hydrogens is 467 g/mol. The maximum atomic E-state index is 15.6. The zero-order valence-electron chi connectivity index (χ0n) is 19.2. The Kier molecular flexibility index (Phi) is 6.08. The molecule has 0 amide bonds. The predicted molar refractivity (Wildman–Crippen MR) is 134 cm³/mol. The summed E-state index contributed by atoms with van der Waals surface area (Å²) < 4.78 is 28.4. The first-order valence-corrected chi connectivity index (χ1v) is 12.0. The Hall–Kier alpha value is -3.62. The fourth-order valence-electron chi connectivity index (χ4n) is 4.42. The number of hydrogen-bond acceptors (Lipinski definition) is 6. The summed E-state index contributed by atoms with van der Waals surface area (Å²) in [6.07, 6.45) is 0. The lowest BCUT2D eigenvalue weighted by molar-refractivity contribution is 0.0518. The Balaban J connectivity index is 1.86. The van der Waals surface area contributed by atoms with Crippen molar-refractivity contribution >= 4 is 28.6 Å². The zero-order chi connectivity index (χ0) is 24.7. The molecule has 178 valence electrons. The molecule has 8 heteroatoms. The Morgan fingerprint density at radius 3 is 2.49 bits per heavy atom. The van der Waals surface area contributed by atoms with Crippen LogP contribution in [0.25, 0.3) is 22.0 Å². The summed E-state index contributed by atoms with van der Waals surface area (Å²) in [4.78, 5) is 26.2. The number of halogens is 1. The van der Waals surface area contributed by atoms with Gasteiger partial charge in [0.2, 0.25) is 5.43 Å². The first-order valence-electron chi connectivity index (χ1n) is 11.2. The van der Waals surface area contributed by atoms with Crippen LogP contribution in [0.1, 0.15) is 33.8 Å². The third kappa shape index (κ3) is 3.69. The molecule has 0 saturated carbocycles. The fraction of sp³-hybridized carbons (Fsp3) is 0.185. The van der Waals surface area contributed by atoms with Gasteiger partial charge in [-0.2, -0.15) is 0 Å². The lowest BCUT2D eigenvalue weighted by Crippen LogP contribution is -2.31. The minimum atomic E-state index is -0.719. The molecule has 5 rings (SSSR count). The molecule has 35 heavy (non-hydrogen) atoms. The molecule has 0 saturated heterocycles. The second-order valence-corrected chi connectivity index (χ2v) is 9.11. The highest BCUT2D eigenvalue weighted by Gasteiger charge is 2.38. The van der Waals surface area contributed by atoms with Gasteiger partial charge < -0.3 is 19.8 Å². The number of nitrogens with two attached hydrogens (primary N) is 1. The van der Waals surface area contributed by atoms with Gasteiger partial charge in [-0.05, 0) is 29.7 Å². The number of fused-ring (bicyclic) bond motifs is 3. The van der Waals surface area contributed by atoms with Crippen LogP contribution in [0, 0.1) is 5.82 Å². The highest BCUT2D eigenvalue weighted by Crippen LogP contribution is 2.53. The molecule has 2 heterocycles. The van der Waals surface area contributed by atoms with Gasteiger partial charge in [-0.3, -0.25) is 4.79 Å². The molecule has 3 aromatic carbocycles. The highest BCUT2D eigenvalue weighted by molar-refractivity contribution is 8.00. The summed E-state index contributed by atoms with van der Waals surface area (Å²) in [5, 5.41) is 0.313. The number of methoxy groups -OCH3 is 1. The average Bonchev–Trinajstić information content (AvgIpc) is 2.86. The lowest BCUT2D eigenvalue weighted by Gasteiger charge is -2.36. The van der Waals surface area contributed by atoms with Crippen molar-refractivity contribution in [2.24, 2.45) is 5.73 Å². The molecule has 1 aliphatic rings. The second-order valence-electron chi connectivity index (χ2n) is 8.04. The van der Waals surface area contributed by atoms with E-state index >= 15 is 4.39 Å². The van der Waals surface area contributed by atoms with Crippen molar-refractivity contribution in [2.75, 3.05) is 13.7 Å². The van der Waals surface area contributed by atoms with Gasteiger partial charge in [0, 0.05) is 6.54 Å². The van der Waals surface area contributed by atoms with Crippen molar-refractivity contribution in [3.63, 3.8) is 0 Å². The zero-order valence-corrected chi connectivity index (χ0v) is 20.0. The van der Waals surface area contributed by atoms with E-state index in [2.05, 4.69) is 0 Å². The predicted octanol–water partition coefficient (Wildman–Crippen LogP) is 5.10. The quantitative estimate of drug-likeness (QED) is 0.379. The first kappa shape index (κ1) is 23.1. The van der Waals surface area contributed by atoms with Gasteiger partial charge in [-0.1, -0.05) is 66.4 Å². The van der Waals surface area contributed by atoms with Crippen LogP contribution in [0.4, 0.5) is 4.39 Å². The van der Waals surface area contributed by atoms with E-state index in [1.54, 1.807) is 19.1 Å². The summed E-state index contributed by atoms with van der Waals surface area (Å²) in [5.41, 5.74) is 8.21. The number of rotatable bonds is 6. The van der Waals surface area contributed by atoms with E-state index in [4.69, 9.17) is 15.2 Å². The molecule has 1 unspecified atom stereocenters. The summed E-state index contributed by atoms with van der Waals surface area (Å²) >= 11 is 1.39. The maximum Gasteiger partial charge on any atom is 0.344 e. The Morgan fingerprint density at radius 1 is 1.14 bits per heavy atom. The average molecular weight is 491 g/mol. The van der Waals surface area contributed by atoms with Crippen molar-refractivity contribution in [3.05, 3.63) is 93.4 Å². The van der Waals surface area contributed by atoms with E-state index in [-0.39, 0.29) is 34.2 Å². The van der Waals surface area contributed by atoms with Crippen LogP contribution in [0.5, 0.6) is 5.75 Å². The van der Waals surface area contributed by atoms with E-state index < -0.39 is 17.2 Å². The molecule has 6 nitrogen and oxygen atoms in total. The smallest absolute Gasteiger partial charge is 0.344 e. The number of esters is 1. The van der Waals surface area contributed by atoms with E-state index in [1.807, 2.05) is 47.0 Å². The molecule has 0 fully saturated rings. The molecule has 0 bridgehead atoms. The molecule has 2 N–H and O–H groups in total. The molecule has 0 radical (unpaired) electrons. The maximum absolute atomic E-state index is 15.6. The van der Waals surface area contributed by atoms with Crippen molar-refractivity contribution < 1.29 is 18.7 Å². The SMILES string of the molecule is CCOC(=O)c1c2n(c3c(OC)c(-c4ccc(CN)cc4)c(F)cc3c1=O)C(c1ccccc1)S2. The minimum absolute atomic E-state index is 0.0645. The normalized spacial score (nSPS) is 14.3. The van der Waals surface area contributed by atoms with E-state index in [9.17, 15) is 9.59 Å².